The molecule has 1 aromatic rings. The summed E-state index contributed by atoms with van der Waals surface area (Å²) in [5.74, 6) is 0.605. The van der Waals surface area contributed by atoms with Crippen molar-refractivity contribution in [2.75, 3.05) is 33.7 Å². The second-order valence-corrected chi connectivity index (χ2v) is 4.92. The molecule has 2 amide bonds. The van der Waals surface area contributed by atoms with E-state index in [4.69, 9.17) is 4.42 Å². The summed E-state index contributed by atoms with van der Waals surface area (Å²) in [6.07, 6.45) is 1.87. The normalized spacial score (nSPS) is 10.6. The fourth-order valence-corrected chi connectivity index (χ4v) is 1.68. The average Bonchev–Trinajstić information content (AvgIpc) is 2.86. The maximum Gasteiger partial charge on any atom is 0.221 e. The molecule has 6 nitrogen and oxygen atoms in total. The third-order valence-electron chi connectivity index (χ3n) is 2.86. The van der Waals surface area contributed by atoms with Crippen molar-refractivity contribution in [2.24, 2.45) is 0 Å². The van der Waals surface area contributed by atoms with Crippen molar-refractivity contribution >= 4 is 11.8 Å². The van der Waals surface area contributed by atoms with E-state index in [1.165, 1.54) is 6.92 Å². The first kappa shape index (κ1) is 16.2. The molecule has 0 saturated heterocycles. The molecule has 0 aliphatic carbocycles. The number of amides is 2. The van der Waals surface area contributed by atoms with E-state index in [2.05, 4.69) is 5.32 Å². The number of likely N-dealkylation sites (N-methyl/N-ethyl adjacent to an activating group) is 1. The maximum absolute atomic E-state index is 11.7. The van der Waals surface area contributed by atoms with E-state index < -0.39 is 0 Å². The predicted octanol–water partition coefficient (Wildman–Crippen LogP) is 0.696. The van der Waals surface area contributed by atoms with Gasteiger partial charge in [0.2, 0.25) is 11.8 Å². The number of hydrogen-bond donors (Lipinski definition) is 1. The zero-order valence-corrected chi connectivity index (χ0v) is 12.4. The third-order valence-corrected chi connectivity index (χ3v) is 2.86. The topological polar surface area (TPSA) is 65.8 Å². The maximum atomic E-state index is 11.7. The predicted molar refractivity (Wildman–Crippen MR) is 76.0 cm³/mol. The standard InChI is InChI=1S/C14H23N3O3/c1-12(18)17(11-13-5-4-10-20-13)8-6-14(19)15-7-9-16(2)3/h4-5,10H,6-9,11H2,1-3H3,(H,15,19). The highest BCUT2D eigenvalue weighted by Crippen LogP contribution is 2.06. The second kappa shape index (κ2) is 8.37. The molecule has 112 valence electrons. The molecule has 0 fully saturated rings. The zero-order valence-electron chi connectivity index (χ0n) is 12.4. The Bertz CT molecular complexity index is 415. The summed E-state index contributed by atoms with van der Waals surface area (Å²) in [5, 5.41) is 2.83. The van der Waals surface area contributed by atoms with Gasteiger partial charge < -0.3 is 19.5 Å². The first-order chi connectivity index (χ1) is 9.49. The summed E-state index contributed by atoms with van der Waals surface area (Å²) in [6.45, 7) is 3.70. The van der Waals surface area contributed by atoms with Gasteiger partial charge in [0.15, 0.2) is 0 Å². The van der Waals surface area contributed by atoms with E-state index >= 15 is 0 Å². The number of carbonyl (C=O) groups excluding carboxylic acids is 2. The van der Waals surface area contributed by atoms with Gasteiger partial charge in [-0.3, -0.25) is 9.59 Å². The van der Waals surface area contributed by atoms with Crippen molar-refractivity contribution in [3.63, 3.8) is 0 Å². The highest BCUT2D eigenvalue weighted by Gasteiger charge is 2.12. The molecule has 0 aromatic carbocycles. The van der Waals surface area contributed by atoms with E-state index in [1.54, 1.807) is 17.2 Å². The lowest BCUT2D eigenvalue weighted by atomic mass is 10.3. The van der Waals surface area contributed by atoms with Crippen LogP contribution in [0, 0.1) is 0 Å². The number of nitrogens with one attached hydrogen (secondary N) is 1. The fourth-order valence-electron chi connectivity index (χ4n) is 1.68. The van der Waals surface area contributed by atoms with Crippen molar-refractivity contribution in [2.45, 2.75) is 19.9 Å². The highest BCUT2D eigenvalue weighted by atomic mass is 16.3. The van der Waals surface area contributed by atoms with Crippen LogP contribution < -0.4 is 5.32 Å². The number of rotatable bonds is 8. The van der Waals surface area contributed by atoms with Gasteiger partial charge in [0.1, 0.15) is 5.76 Å². The van der Waals surface area contributed by atoms with Gasteiger partial charge in [0.25, 0.3) is 0 Å². The van der Waals surface area contributed by atoms with Crippen LogP contribution in [0.5, 0.6) is 0 Å². The van der Waals surface area contributed by atoms with E-state index in [-0.39, 0.29) is 11.8 Å². The summed E-state index contributed by atoms with van der Waals surface area (Å²) in [7, 11) is 3.90. The van der Waals surface area contributed by atoms with Gasteiger partial charge >= 0.3 is 0 Å². The highest BCUT2D eigenvalue weighted by molar-refractivity contribution is 5.77. The molecule has 1 N–H and O–H groups in total. The Morgan fingerprint density at radius 1 is 1.30 bits per heavy atom. The molecule has 1 rings (SSSR count). The smallest absolute Gasteiger partial charge is 0.221 e. The number of furan rings is 1. The van der Waals surface area contributed by atoms with E-state index in [1.807, 2.05) is 25.1 Å². The van der Waals surface area contributed by atoms with Crippen LogP contribution in [0.1, 0.15) is 19.1 Å². The minimum Gasteiger partial charge on any atom is -0.467 e. The quantitative estimate of drug-likeness (QED) is 0.761. The average molecular weight is 281 g/mol. The minimum atomic E-state index is -0.0671. The van der Waals surface area contributed by atoms with Crippen molar-refractivity contribution in [3.05, 3.63) is 24.2 Å². The lowest BCUT2D eigenvalue weighted by Crippen LogP contribution is -2.35. The van der Waals surface area contributed by atoms with Gasteiger partial charge in [-0.1, -0.05) is 0 Å². The number of nitrogens with zero attached hydrogens (tertiary/aromatic N) is 2. The molecule has 0 unspecified atom stereocenters. The molecule has 6 heteroatoms. The van der Waals surface area contributed by atoms with Crippen LogP contribution in [0.2, 0.25) is 0 Å². The van der Waals surface area contributed by atoms with Crippen molar-refractivity contribution in [1.29, 1.82) is 0 Å². The van der Waals surface area contributed by atoms with Gasteiger partial charge in [-0.05, 0) is 26.2 Å². The summed E-state index contributed by atoms with van der Waals surface area (Å²) < 4.78 is 5.21. The first-order valence-electron chi connectivity index (χ1n) is 6.68. The minimum absolute atomic E-state index is 0.0439. The lowest BCUT2D eigenvalue weighted by molar-refractivity contribution is -0.130. The van der Waals surface area contributed by atoms with Crippen LogP contribution >= 0.6 is 0 Å². The van der Waals surface area contributed by atoms with Crippen LogP contribution in [0.3, 0.4) is 0 Å². The molecular formula is C14H23N3O3. The molecule has 0 spiro atoms. The molecule has 0 radical (unpaired) electrons. The monoisotopic (exact) mass is 281 g/mol. The van der Waals surface area contributed by atoms with Gasteiger partial charge in [-0.2, -0.15) is 0 Å². The molecular weight excluding hydrogens is 258 g/mol. The Morgan fingerprint density at radius 2 is 2.05 bits per heavy atom. The summed E-state index contributed by atoms with van der Waals surface area (Å²) >= 11 is 0. The molecule has 1 aromatic heterocycles. The van der Waals surface area contributed by atoms with Crippen LogP contribution in [0.4, 0.5) is 0 Å². The molecule has 0 saturated carbocycles. The Labute approximate surface area is 119 Å². The Balaban J connectivity index is 2.32. The van der Waals surface area contributed by atoms with E-state index in [9.17, 15) is 9.59 Å². The molecule has 0 aliphatic heterocycles. The van der Waals surface area contributed by atoms with Crippen LogP contribution in [-0.4, -0.2) is 55.3 Å². The Hall–Kier alpha value is -1.82. The van der Waals surface area contributed by atoms with Crippen LogP contribution in [0.25, 0.3) is 0 Å². The molecule has 0 aliphatic rings. The lowest BCUT2D eigenvalue weighted by Gasteiger charge is -2.19. The zero-order chi connectivity index (χ0) is 15.0. The van der Waals surface area contributed by atoms with E-state index in [0.717, 1.165) is 6.54 Å². The first-order valence-corrected chi connectivity index (χ1v) is 6.68. The van der Waals surface area contributed by atoms with Crippen LogP contribution in [0.15, 0.2) is 22.8 Å². The largest absolute Gasteiger partial charge is 0.467 e. The van der Waals surface area contributed by atoms with Gasteiger partial charge in [0.05, 0.1) is 12.8 Å². The Morgan fingerprint density at radius 3 is 2.60 bits per heavy atom. The second-order valence-electron chi connectivity index (χ2n) is 4.92. The van der Waals surface area contributed by atoms with Gasteiger partial charge in [0, 0.05) is 33.0 Å². The summed E-state index contributed by atoms with van der Waals surface area (Å²) in [4.78, 5) is 26.8. The summed E-state index contributed by atoms with van der Waals surface area (Å²) in [5.41, 5.74) is 0. The molecule has 0 atom stereocenters. The van der Waals surface area contributed by atoms with Crippen molar-refractivity contribution in [3.8, 4) is 0 Å². The number of hydrogen-bond acceptors (Lipinski definition) is 4. The van der Waals surface area contributed by atoms with Crippen molar-refractivity contribution < 1.29 is 14.0 Å². The summed E-state index contributed by atoms with van der Waals surface area (Å²) in [6, 6.07) is 3.59. The van der Waals surface area contributed by atoms with Gasteiger partial charge in [-0.15, -0.1) is 0 Å². The Kier molecular flexibility index (Phi) is 6.79. The molecule has 20 heavy (non-hydrogen) atoms. The molecule has 0 bridgehead atoms. The molecule has 1 heterocycles. The van der Waals surface area contributed by atoms with Crippen LogP contribution in [-0.2, 0) is 16.1 Å². The SMILES string of the molecule is CC(=O)N(CCC(=O)NCCN(C)C)Cc1ccco1. The van der Waals surface area contributed by atoms with Gasteiger partial charge in [-0.25, -0.2) is 0 Å². The number of carbonyl (C=O) groups is 2. The van der Waals surface area contributed by atoms with E-state index in [0.29, 0.717) is 31.8 Å². The third kappa shape index (κ3) is 6.38. The fraction of sp³-hybridized carbons (Fsp3) is 0.571. The van der Waals surface area contributed by atoms with Crippen molar-refractivity contribution in [1.82, 2.24) is 15.1 Å².